The molecule has 4 heterocycles. The van der Waals surface area contributed by atoms with E-state index in [1.54, 1.807) is 0 Å². The highest BCUT2D eigenvalue weighted by Gasteiger charge is 2.26. The number of rotatable bonds is 2. The standard InChI is InChI=1S/C20H21N7/c1-13-7-8-18-23-24-20(27(18)25-13)15-9-11-26(12-10-15)19-14(2)21-16-5-3-4-6-17(16)22-19/h3-8,15H,9-12H2,1-2H3. The molecule has 0 amide bonds. The summed E-state index contributed by atoms with van der Waals surface area (Å²) in [4.78, 5) is 11.9. The third kappa shape index (κ3) is 2.79. The van der Waals surface area contributed by atoms with Crippen LogP contribution in [0.4, 0.5) is 5.82 Å². The van der Waals surface area contributed by atoms with Crippen LogP contribution in [0.15, 0.2) is 36.4 Å². The van der Waals surface area contributed by atoms with Gasteiger partial charge in [0.15, 0.2) is 17.3 Å². The third-order valence-corrected chi connectivity index (χ3v) is 5.30. The van der Waals surface area contributed by atoms with Gasteiger partial charge in [0.25, 0.3) is 0 Å². The summed E-state index contributed by atoms with van der Waals surface area (Å²) in [5.41, 5.74) is 4.67. The lowest BCUT2D eigenvalue weighted by Crippen LogP contribution is -2.34. The molecule has 0 saturated carbocycles. The van der Waals surface area contributed by atoms with Crippen molar-refractivity contribution in [2.45, 2.75) is 32.6 Å². The Labute approximate surface area is 157 Å². The van der Waals surface area contributed by atoms with Crippen LogP contribution in [-0.4, -0.2) is 42.9 Å². The van der Waals surface area contributed by atoms with Crippen molar-refractivity contribution in [3.8, 4) is 0 Å². The molecule has 7 heteroatoms. The zero-order chi connectivity index (χ0) is 18.4. The maximum atomic E-state index is 4.87. The molecular formula is C20H21N7. The fourth-order valence-electron chi connectivity index (χ4n) is 3.88. The molecule has 0 aliphatic carbocycles. The predicted octanol–water partition coefficient (Wildman–Crippen LogP) is 3.07. The van der Waals surface area contributed by atoms with Gasteiger partial charge in [-0.15, -0.1) is 10.2 Å². The van der Waals surface area contributed by atoms with E-state index in [4.69, 9.17) is 9.97 Å². The summed E-state index contributed by atoms with van der Waals surface area (Å²) in [6, 6.07) is 12.0. The van der Waals surface area contributed by atoms with Gasteiger partial charge >= 0.3 is 0 Å². The van der Waals surface area contributed by atoms with Gasteiger partial charge in [0.05, 0.1) is 22.4 Å². The number of aromatic nitrogens is 6. The molecular weight excluding hydrogens is 338 g/mol. The molecule has 0 atom stereocenters. The van der Waals surface area contributed by atoms with E-state index in [1.165, 1.54) is 0 Å². The van der Waals surface area contributed by atoms with Crippen LogP contribution < -0.4 is 4.90 Å². The molecule has 1 saturated heterocycles. The number of benzene rings is 1. The fourth-order valence-corrected chi connectivity index (χ4v) is 3.88. The minimum atomic E-state index is 0.360. The minimum absolute atomic E-state index is 0.360. The van der Waals surface area contributed by atoms with Crippen molar-refractivity contribution in [2.75, 3.05) is 18.0 Å². The number of fused-ring (bicyclic) bond motifs is 2. The van der Waals surface area contributed by atoms with Crippen LogP contribution in [0.5, 0.6) is 0 Å². The Morgan fingerprint density at radius 1 is 0.889 bits per heavy atom. The summed E-state index contributed by atoms with van der Waals surface area (Å²) < 4.78 is 1.90. The largest absolute Gasteiger partial charge is 0.355 e. The lowest BCUT2D eigenvalue weighted by Gasteiger charge is -2.32. The Kier molecular flexibility index (Phi) is 3.74. The van der Waals surface area contributed by atoms with E-state index in [0.717, 1.165) is 65.6 Å². The van der Waals surface area contributed by atoms with Crippen LogP contribution in [0.3, 0.4) is 0 Å². The lowest BCUT2D eigenvalue weighted by molar-refractivity contribution is 0.474. The third-order valence-electron chi connectivity index (χ3n) is 5.30. The van der Waals surface area contributed by atoms with E-state index in [-0.39, 0.29) is 0 Å². The van der Waals surface area contributed by atoms with Gasteiger partial charge in [0.1, 0.15) is 0 Å². The van der Waals surface area contributed by atoms with Gasteiger partial charge in [-0.05, 0) is 51.0 Å². The molecule has 1 fully saturated rings. The van der Waals surface area contributed by atoms with Crippen molar-refractivity contribution in [2.24, 2.45) is 0 Å². The Hall–Kier alpha value is -3.09. The van der Waals surface area contributed by atoms with Crippen LogP contribution in [0.25, 0.3) is 16.7 Å². The molecule has 4 aromatic rings. The Balaban J connectivity index is 1.40. The second kappa shape index (κ2) is 6.26. The topological polar surface area (TPSA) is 72.1 Å². The van der Waals surface area contributed by atoms with Crippen LogP contribution >= 0.6 is 0 Å². The van der Waals surface area contributed by atoms with Crippen molar-refractivity contribution in [1.82, 2.24) is 29.8 Å². The molecule has 7 nitrogen and oxygen atoms in total. The van der Waals surface area contributed by atoms with Gasteiger partial charge in [-0.2, -0.15) is 9.61 Å². The normalized spacial score (nSPS) is 15.7. The molecule has 5 rings (SSSR count). The molecule has 0 radical (unpaired) electrons. The van der Waals surface area contributed by atoms with Crippen LogP contribution in [-0.2, 0) is 0 Å². The summed E-state index contributed by atoms with van der Waals surface area (Å²) in [6.45, 7) is 5.89. The predicted molar refractivity (Wildman–Crippen MR) is 104 cm³/mol. The Morgan fingerprint density at radius 2 is 1.63 bits per heavy atom. The fraction of sp³-hybridized carbons (Fsp3) is 0.350. The molecule has 0 bridgehead atoms. The zero-order valence-corrected chi connectivity index (χ0v) is 15.5. The second-order valence-electron chi connectivity index (χ2n) is 7.19. The van der Waals surface area contributed by atoms with Gasteiger partial charge in [0.2, 0.25) is 0 Å². The maximum Gasteiger partial charge on any atom is 0.177 e. The summed E-state index contributed by atoms with van der Waals surface area (Å²) in [6.07, 6.45) is 2.01. The first-order valence-corrected chi connectivity index (χ1v) is 9.36. The van der Waals surface area contributed by atoms with Crippen molar-refractivity contribution in [1.29, 1.82) is 0 Å². The molecule has 136 valence electrons. The zero-order valence-electron chi connectivity index (χ0n) is 15.5. The van der Waals surface area contributed by atoms with Gasteiger partial charge < -0.3 is 4.90 Å². The molecule has 0 unspecified atom stereocenters. The van der Waals surface area contributed by atoms with Crippen LogP contribution in [0, 0.1) is 13.8 Å². The monoisotopic (exact) mass is 359 g/mol. The number of hydrogen-bond acceptors (Lipinski definition) is 6. The van der Waals surface area contributed by atoms with E-state index in [2.05, 4.69) is 20.2 Å². The van der Waals surface area contributed by atoms with E-state index in [9.17, 15) is 0 Å². The first-order chi connectivity index (χ1) is 13.2. The highest BCUT2D eigenvalue weighted by molar-refractivity contribution is 5.76. The molecule has 27 heavy (non-hydrogen) atoms. The number of piperidine rings is 1. The van der Waals surface area contributed by atoms with Crippen LogP contribution in [0.1, 0.15) is 36.0 Å². The number of aryl methyl sites for hydroxylation is 2. The van der Waals surface area contributed by atoms with Gasteiger partial charge in [-0.25, -0.2) is 9.97 Å². The quantitative estimate of drug-likeness (QED) is 0.548. The van der Waals surface area contributed by atoms with Crippen molar-refractivity contribution >= 4 is 22.5 Å². The number of nitrogens with zero attached hydrogens (tertiary/aromatic N) is 7. The first kappa shape index (κ1) is 16.1. The van der Waals surface area contributed by atoms with Gasteiger partial charge in [-0.1, -0.05) is 12.1 Å². The Morgan fingerprint density at radius 3 is 2.41 bits per heavy atom. The number of para-hydroxylation sites is 2. The average Bonchev–Trinajstić information content (AvgIpc) is 3.10. The molecule has 1 aromatic carbocycles. The summed E-state index contributed by atoms with van der Waals surface area (Å²) in [5.74, 6) is 2.32. The number of hydrogen-bond donors (Lipinski definition) is 0. The highest BCUT2D eigenvalue weighted by atomic mass is 15.4. The lowest BCUT2D eigenvalue weighted by atomic mass is 9.96. The van der Waals surface area contributed by atoms with Crippen molar-refractivity contribution in [3.05, 3.63) is 53.6 Å². The molecule has 1 aliphatic rings. The van der Waals surface area contributed by atoms with E-state index >= 15 is 0 Å². The van der Waals surface area contributed by atoms with E-state index < -0.39 is 0 Å². The minimum Gasteiger partial charge on any atom is -0.355 e. The molecule has 3 aromatic heterocycles. The van der Waals surface area contributed by atoms with Gasteiger partial charge in [-0.3, -0.25) is 0 Å². The highest BCUT2D eigenvalue weighted by Crippen LogP contribution is 2.30. The van der Waals surface area contributed by atoms with Gasteiger partial charge in [0, 0.05) is 19.0 Å². The maximum absolute atomic E-state index is 4.87. The first-order valence-electron chi connectivity index (χ1n) is 9.36. The smallest absolute Gasteiger partial charge is 0.177 e. The SMILES string of the molecule is Cc1ccc2nnc(C3CCN(c4nc5ccccc5nc4C)CC3)n2n1. The van der Waals surface area contributed by atoms with E-state index in [0.29, 0.717) is 5.92 Å². The summed E-state index contributed by atoms with van der Waals surface area (Å²) >= 11 is 0. The van der Waals surface area contributed by atoms with Crippen molar-refractivity contribution in [3.63, 3.8) is 0 Å². The molecule has 1 aliphatic heterocycles. The molecule has 0 spiro atoms. The summed E-state index contributed by atoms with van der Waals surface area (Å²) in [5, 5.41) is 13.3. The summed E-state index contributed by atoms with van der Waals surface area (Å²) in [7, 11) is 0. The molecule has 0 N–H and O–H groups in total. The second-order valence-corrected chi connectivity index (χ2v) is 7.19. The number of anilines is 1. The van der Waals surface area contributed by atoms with E-state index in [1.807, 2.05) is 54.8 Å². The average molecular weight is 359 g/mol. The van der Waals surface area contributed by atoms with Crippen molar-refractivity contribution < 1.29 is 0 Å². The Bertz CT molecular complexity index is 1130. The van der Waals surface area contributed by atoms with Crippen LogP contribution in [0.2, 0.25) is 0 Å².